The number of aromatic nitrogens is 2. The first-order valence-corrected chi connectivity index (χ1v) is 7.64. The molecule has 0 radical (unpaired) electrons. The number of nitrogens with one attached hydrogen (secondary N) is 1. The van der Waals surface area contributed by atoms with Crippen molar-refractivity contribution in [1.29, 1.82) is 0 Å². The maximum Gasteiger partial charge on any atom is 0.323 e. The number of aryl methyl sites for hydroxylation is 1. The zero-order valence-corrected chi connectivity index (χ0v) is 13.1. The molecule has 1 N–H and O–H groups in total. The van der Waals surface area contributed by atoms with E-state index in [-0.39, 0.29) is 12.1 Å². The second kappa shape index (κ2) is 6.18. The van der Waals surface area contributed by atoms with Crippen LogP contribution in [0.25, 0.3) is 0 Å². The molecule has 116 valence electrons. The fourth-order valence-electron chi connectivity index (χ4n) is 2.08. The monoisotopic (exact) mass is 320 g/mol. The number of benzene rings is 1. The molecule has 1 aliphatic heterocycles. The van der Waals surface area contributed by atoms with E-state index in [0.29, 0.717) is 24.0 Å². The van der Waals surface area contributed by atoms with Gasteiger partial charge in [-0.25, -0.2) is 4.79 Å². The van der Waals surface area contributed by atoms with E-state index < -0.39 is 0 Å². The van der Waals surface area contributed by atoms with E-state index in [1.807, 2.05) is 31.2 Å². The van der Waals surface area contributed by atoms with Crippen LogP contribution in [0.3, 0.4) is 0 Å². The number of fused-ring (bicyclic) bond motifs is 1. The zero-order chi connectivity index (χ0) is 15.5. The minimum absolute atomic E-state index is 0.207. The fourth-order valence-corrected chi connectivity index (χ4v) is 2.66. The van der Waals surface area contributed by atoms with Gasteiger partial charge >= 0.3 is 6.03 Å². The van der Waals surface area contributed by atoms with Crippen molar-refractivity contribution in [1.82, 2.24) is 15.1 Å². The number of hydrogen-bond donors (Lipinski definition) is 1. The van der Waals surface area contributed by atoms with E-state index in [2.05, 4.69) is 15.5 Å². The van der Waals surface area contributed by atoms with Gasteiger partial charge in [0.25, 0.3) is 0 Å². The normalized spacial score (nSPS) is 16.2. The maximum atomic E-state index is 12.1. The summed E-state index contributed by atoms with van der Waals surface area (Å²) in [6.45, 7) is 2.66. The van der Waals surface area contributed by atoms with Crippen molar-refractivity contribution in [3.8, 4) is 11.5 Å². The summed E-state index contributed by atoms with van der Waals surface area (Å²) in [4.78, 5) is 13.6. The SMILES string of the molecule is Cc1nnc(NC(=O)N(C)CC2COc3ccccc3O2)s1. The van der Waals surface area contributed by atoms with Gasteiger partial charge in [-0.2, -0.15) is 0 Å². The van der Waals surface area contributed by atoms with Gasteiger partial charge in [-0.3, -0.25) is 5.32 Å². The van der Waals surface area contributed by atoms with Crippen molar-refractivity contribution in [3.05, 3.63) is 29.3 Å². The third-order valence-electron chi connectivity index (χ3n) is 3.13. The van der Waals surface area contributed by atoms with Gasteiger partial charge in [0.2, 0.25) is 5.13 Å². The number of rotatable bonds is 3. The maximum absolute atomic E-state index is 12.1. The Labute approximate surface area is 131 Å². The van der Waals surface area contributed by atoms with E-state index in [9.17, 15) is 4.79 Å². The van der Waals surface area contributed by atoms with Crippen molar-refractivity contribution in [2.75, 3.05) is 25.5 Å². The van der Waals surface area contributed by atoms with Crippen LogP contribution in [0.2, 0.25) is 0 Å². The largest absolute Gasteiger partial charge is 0.486 e. The Morgan fingerprint density at radius 1 is 1.41 bits per heavy atom. The van der Waals surface area contributed by atoms with Gasteiger partial charge in [0.05, 0.1) is 6.54 Å². The summed E-state index contributed by atoms with van der Waals surface area (Å²) < 4.78 is 11.5. The Kier molecular flexibility index (Phi) is 4.10. The molecule has 1 aliphatic rings. The predicted octanol–water partition coefficient (Wildman–Crippen LogP) is 2.15. The van der Waals surface area contributed by atoms with Crippen LogP contribution in [0.15, 0.2) is 24.3 Å². The van der Waals surface area contributed by atoms with Crippen LogP contribution >= 0.6 is 11.3 Å². The summed E-state index contributed by atoms with van der Waals surface area (Å²) in [7, 11) is 1.70. The molecule has 1 aromatic carbocycles. The van der Waals surface area contributed by atoms with Gasteiger partial charge in [0.15, 0.2) is 17.6 Å². The number of nitrogens with zero attached hydrogens (tertiary/aromatic N) is 3. The molecular weight excluding hydrogens is 304 g/mol. The number of amides is 2. The molecule has 0 aliphatic carbocycles. The molecule has 1 atom stereocenters. The second-order valence-corrected chi connectivity index (χ2v) is 6.12. The second-order valence-electron chi connectivity index (χ2n) is 4.93. The Bertz CT molecular complexity index is 676. The third kappa shape index (κ3) is 3.28. The minimum atomic E-state index is -0.251. The third-order valence-corrected chi connectivity index (χ3v) is 3.89. The Morgan fingerprint density at radius 3 is 2.91 bits per heavy atom. The molecule has 22 heavy (non-hydrogen) atoms. The smallest absolute Gasteiger partial charge is 0.323 e. The fraction of sp³-hybridized carbons (Fsp3) is 0.357. The number of ether oxygens (including phenoxy) is 2. The standard InChI is InChI=1S/C14H16N4O3S/c1-9-16-17-13(22-9)15-14(19)18(2)7-10-8-20-11-5-3-4-6-12(11)21-10/h3-6,10H,7-8H2,1-2H3,(H,15,17,19). The molecule has 2 aromatic rings. The Hall–Kier alpha value is -2.35. The van der Waals surface area contributed by atoms with Crippen molar-refractivity contribution in [2.45, 2.75) is 13.0 Å². The lowest BCUT2D eigenvalue weighted by Gasteiger charge is -2.29. The van der Waals surface area contributed by atoms with Crippen molar-refractivity contribution < 1.29 is 14.3 Å². The van der Waals surface area contributed by atoms with Crippen LogP contribution < -0.4 is 14.8 Å². The number of likely N-dealkylation sites (N-methyl/N-ethyl adjacent to an activating group) is 1. The molecule has 0 saturated carbocycles. The molecule has 7 nitrogen and oxygen atoms in total. The summed E-state index contributed by atoms with van der Waals surface area (Å²) in [6, 6.07) is 7.25. The van der Waals surface area contributed by atoms with Gasteiger partial charge in [-0.1, -0.05) is 23.5 Å². The Balaban J connectivity index is 1.56. The molecule has 2 heterocycles. The first-order chi connectivity index (χ1) is 10.6. The summed E-state index contributed by atoms with van der Waals surface area (Å²) in [5.74, 6) is 1.43. The number of hydrogen-bond acceptors (Lipinski definition) is 6. The van der Waals surface area contributed by atoms with Crippen LogP contribution in [0, 0.1) is 6.92 Å². The van der Waals surface area contributed by atoms with Crippen molar-refractivity contribution in [2.24, 2.45) is 0 Å². The first-order valence-electron chi connectivity index (χ1n) is 6.82. The molecule has 2 amide bonds. The lowest BCUT2D eigenvalue weighted by Crippen LogP contribution is -2.43. The lowest BCUT2D eigenvalue weighted by atomic mass is 10.2. The molecule has 0 spiro atoms. The highest BCUT2D eigenvalue weighted by Gasteiger charge is 2.24. The molecule has 0 saturated heterocycles. The molecule has 1 unspecified atom stereocenters. The number of carbonyl (C=O) groups excluding carboxylic acids is 1. The molecule has 0 fully saturated rings. The van der Waals surface area contributed by atoms with E-state index in [4.69, 9.17) is 9.47 Å². The van der Waals surface area contributed by atoms with Crippen molar-refractivity contribution in [3.63, 3.8) is 0 Å². The van der Waals surface area contributed by atoms with E-state index in [1.165, 1.54) is 11.3 Å². The average Bonchev–Trinajstić information content (AvgIpc) is 2.92. The van der Waals surface area contributed by atoms with Gasteiger partial charge in [-0.05, 0) is 19.1 Å². The van der Waals surface area contributed by atoms with Gasteiger partial charge in [-0.15, -0.1) is 10.2 Å². The van der Waals surface area contributed by atoms with Crippen molar-refractivity contribution >= 4 is 22.5 Å². The quantitative estimate of drug-likeness (QED) is 0.938. The highest BCUT2D eigenvalue weighted by atomic mass is 32.1. The predicted molar refractivity (Wildman–Crippen MR) is 82.6 cm³/mol. The first kappa shape index (κ1) is 14.6. The number of anilines is 1. The molecule has 0 bridgehead atoms. The molecule has 8 heteroatoms. The molecule has 3 rings (SSSR count). The van der Waals surface area contributed by atoms with Crippen LogP contribution in [-0.4, -0.2) is 47.4 Å². The highest BCUT2D eigenvalue weighted by molar-refractivity contribution is 7.15. The summed E-state index contributed by atoms with van der Waals surface area (Å²) in [5.41, 5.74) is 0. The summed E-state index contributed by atoms with van der Waals surface area (Å²) in [5, 5.41) is 11.7. The lowest BCUT2D eigenvalue weighted by molar-refractivity contribution is 0.0731. The van der Waals surface area contributed by atoms with E-state index in [1.54, 1.807) is 11.9 Å². The molecule has 1 aromatic heterocycles. The minimum Gasteiger partial charge on any atom is -0.486 e. The topological polar surface area (TPSA) is 76.6 Å². The highest BCUT2D eigenvalue weighted by Crippen LogP contribution is 2.30. The number of urea groups is 1. The summed E-state index contributed by atoms with van der Waals surface area (Å²) in [6.07, 6.45) is -0.207. The number of para-hydroxylation sites is 2. The van der Waals surface area contributed by atoms with Gasteiger partial charge < -0.3 is 14.4 Å². The van der Waals surface area contributed by atoms with Crippen LogP contribution in [0.1, 0.15) is 5.01 Å². The Morgan fingerprint density at radius 2 is 2.18 bits per heavy atom. The van der Waals surface area contributed by atoms with Gasteiger partial charge in [0.1, 0.15) is 11.6 Å². The zero-order valence-electron chi connectivity index (χ0n) is 12.3. The van der Waals surface area contributed by atoms with Crippen LogP contribution in [0.4, 0.5) is 9.93 Å². The molecular formula is C14H16N4O3S. The average molecular weight is 320 g/mol. The van der Waals surface area contributed by atoms with Crippen LogP contribution in [-0.2, 0) is 0 Å². The summed E-state index contributed by atoms with van der Waals surface area (Å²) >= 11 is 1.33. The number of carbonyl (C=O) groups is 1. The van der Waals surface area contributed by atoms with E-state index >= 15 is 0 Å². The van der Waals surface area contributed by atoms with E-state index in [0.717, 1.165) is 10.8 Å². The van der Waals surface area contributed by atoms with Crippen LogP contribution in [0.5, 0.6) is 11.5 Å². The van der Waals surface area contributed by atoms with Gasteiger partial charge in [0, 0.05) is 7.05 Å².